The number of ether oxygens (including phenoxy) is 1. The first-order chi connectivity index (χ1) is 19.0. The molecule has 0 spiro atoms. The van der Waals surface area contributed by atoms with E-state index in [1.165, 1.54) is 29.2 Å². The number of morpholine rings is 1. The molecule has 1 fully saturated rings. The Labute approximate surface area is 234 Å². The average Bonchev–Trinajstić information content (AvgIpc) is 3.25. The minimum Gasteiger partial charge on any atom is -0.507 e. The van der Waals surface area contributed by atoms with Crippen molar-refractivity contribution in [3.63, 3.8) is 0 Å². The van der Waals surface area contributed by atoms with Gasteiger partial charge in [0.25, 0.3) is 11.5 Å². The Morgan fingerprint density at radius 2 is 1.93 bits per heavy atom. The normalized spacial score (nSPS) is 17.2. The van der Waals surface area contributed by atoms with E-state index in [0.717, 1.165) is 0 Å². The summed E-state index contributed by atoms with van der Waals surface area (Å²) in [4.78, 5) is 49.0. The Morgan fingerprint density at radius 3 is 2.62 bits per heavy atom. The lowest BCUT2D eigenvalue weighted by molar-refractivity contribution is -0.116. The van der Waals surface area contributed by atoms with Crippen LogP contribution in [0.3, 0.4) is 0 Å². The molecule has 2 atom stereocenters. The first-order valence-corrected chi connectivity index (χ1v) is 12.9. The van der Waals surface area contributed by atoms with Crippen molar-refractivity contribution in [2.45, 2.75) is 32.6 Å². The van der Waals surface area contributed by atoms with Gasteiger partial charge in [-0.3, -0.25) is 14.4 Å². The molecule has 4 aromatic rings. The van der Waals surface area contributed by atoms with E-state index in [1.807, 2.05) is 13.8 Å². The van der Waals surface area contributed by atoms with Gasteiger partial charge < -0.3 is 34.9 Å². The number of nitrogens with two attached hydrogens (primary N) is 1. The molecule has 4 heterocycles. The molecular weight excluding hydrogens is 538 g/mol. The summed E-state index contributed by atoms with van der Waals surface area (Å²) in [6, 6.07) is 6.00. The highest BCUT2D eigenvalue weighted by atomic mass is 35.5. The number of halogens is 1. The number of aromatic nitrogens is 4. The van der Waals surface area contributed by atoms with E-state index in [1.54, 1.807) is 29.9 Å². The monoisotopic (exact) mass is 565 g/mol. The Balaban J connectivity index is 1.47. The predicted molar refractivity (Wildman–Crippen MR) is 151 cm³/mol. The second kappa shape index (κ2) is 10.6. The Morgan fingerprint density at radius 1 is 1.20 bits per heavy atom. The molecule has 1 aliphatic rings. The summed E-state index contributed by atoms with van der Waals surface area (Å²) in [5.41, 5.74) is 6.52. The molecule has 0 aliphatic carbocycles. The van der Waals surface area contributed by atoms with E-state index < -0.39 is 11.8 Å². The van der Waals surface area contributed by atoms with Crippen LogP contribution in [0.5, 0.6) is 5.75 Å². The lowest BCUT2D eigenvalue weighted by Crippen LogP contribution is -2.45. The third kappa shape index (κ3) is 5.23. The molecule has 5 rings (SSSR count). The molecule has 3 aromatic heterocycles. The molecule has 0 bridgehead atoms. The maximum absolute atomic E-state index is 13.2. The van der Waals surface area contributed by atoms with Gasteiger partial charge in [0.2, 0.25) is 5.91 Å². The van der Waals surface area contributed by atoms with Crippen LogP contribution in [0.1, 0.15) is 24.2 Å². The molecule has 4 N–H and O–H groups in total. The second-order valence-corrected chi connectivity index (χ2v) is 10.3. The molecule has 1 aliphatic heterocycles. The fourth-order valence-electron chi connectivity index (χ4n) is 4.91. The van der Waals surface area contributed by atoms with E-state index in [9.17, 15) is 19.5 Å². The van der Waals surface area contributed by atoms with Gasteiger partial charge in [0.1, 0.15) is 23.8 Å². The van der Waals surface area contributed by atoms with Crippen molar-refractivity contribution in [2.75, 3.05) is 23.3 Å². The largest absolute Gasteiger partial charge is 0.507 e. The van der Waals surface area contributed by atoms with E-state index >= 15 is 0 Å². The number of fused-ring (bicyclic) bond motifs is 1. The summed E-state index contributed by atoms with van der Waals surface area (Å²) in [7, 11) is 1.56. The summed E-state index contributed by atoms with van der Waals surface area (Å²) < 4.78 is 8.66. The summed E-state index contributed by atoms with van der Waals surface area (Å²) in [5.74, 6) is -0.835. The average molecular weight is 566 g/mol. The number of primary amides is 1. The maximum Gasteiger partial charge on any atom is 0.263 e. The molecule has 2 amide bonds. The van der Waals surface area contributed by atoms with Gasteiger partial charge in [0.15, 0.2) is 0 Å². The molecular formula is C27H28ClN7O5. The van der Waals surface area contributed by atoms with Crippen molar-refractivity contribution >= 4 is 46.0 Å². The molecule has 208 valence electrons. The van der Waals surface area contributed by atoms with Crippen LogP contribution in [0.4, 0.5) is 11.5 Å². The van der Waals surface area contributed by atoms with Gasteiger partial charge >= 0.3 is 0 Å². The van der Waals surface area contributed by atoms with Crippen LogP contribution in [0.15, 0.2) is 47.8 Å². The molecule has 1 saturated heterocycles. The Kier molecular flexibility index (Phi) is 7.21. The van der Waals surface area contributed by atoms with Gasteiger partial charge in [0.05, 0.1) is 46.4 Å². The third-order valence-electron chi connectivity index (χ3n) is 6.68. The van der Waals surface area contributed by atoms with Crippen LogP contribution in [-0.2, 0) is 23.1 Å². The van der Waals surface area contributed by atoms with Gasteiger partial charge in [-0.15, -0.1) is 0 Å². The number of aryl methyl sites for hydroxylation is 1. The number of amides is 2. The van der Waals surface area contributed by atoms with E-state index in [2.05, 4.69) is 20.2 Å². The fraction of sp³-hybridized carbons (Fsp3) is 0.296. The smallest absolute Gasteiger partial charge is 0.263 e. The van der Waals surface area contributed by atoms with E-state index in [0.29, 0.717) is 35.7 Å². The number of hydrogen-bond donors (Lipinski definition) is 3. The number of hydrogen-bond acceptors (Lipinski definition) is 8. The number of benzene rings is 1. The van der Waals surface area contributed by atoms with Crippen LogP contribution < -0.4 is 21.5 Å². The number of carbonyl (C=O) groups excluding carboxylic acids is 2. The molecule has 1 aromatic carbocycles. The van der Waals surface area contributed by atoms with Crippen LogP contribution in [0.2, 0.25) is 5.02 Å². The van der Waals surface area contributed by atoms with Gasteiger partial charge in [-0.2, -0.15) is 0 Å². The predicted octanol–water partition coefficient (Wildman–Crippen LogP) is 2.51. The quantitative estimate of drug-likeness (QED) is 0.322. The highest BCUT2D eigenvalue weighted by molar-refractivity contribution is 6.33. The lowest BCUT2D eigenvalue weighted by Gasteiger charge is -2.36. The zero-order chi connectivity index (χ0) is 28.7. The second-order valence-electron chi connectivity index (χ2n) is 9.86. The zero-order valence-electron chi connectivity index (χ0n) is 22.1. The van der Waals surface area contributed by atoms with Crippen molar-refractivity contribution in [1.82, 2.24) is 19.1 Å². The fourth-order valence-corrected chi connectivity index (χ4v) is 5.06. The van der Waals surface area contributed by atoms with Crippen molar-refractivity contribution < 1.29 is 19.4 Å². The maximum atomic E-state index is 13.2. The Hall–Kier alpha value is -4.42. The van der Waals surface area contributed by atoms with Gasteiger partial charge in [0, 0.05) is 38.0 Å². The van der Waals surface area contributed by atoms with Crippen LogP contribution in [0.25, 0.3) is 22.2 Å². The molecule has 0 radical (unpaired) electrons. The van der Waals surface area contributed by atoms with Gasteiger partial charge in [-0.1, -0.05) is 17.7 Å². The van der Waals surface area contributed by atoms with Crippen molar-refractivity contribution in [3.05, 3.63) is 63.9 Å². The summed E-state index contributed by atoms with van der Waals surface area (Å²) in [5, 5.41) is 13.4. The van der Waals surface area contributed by atoms with Crippen molar-refractivity contribution in [2.24, 2.45) is 12.8 Å². The SMILES string of the molecule is C[C@@H]1CN(c2cc(NC(=O)Cn3cc(-c4ccc(O)c(C(N)=O)c4)c4c(=O)n(C)cnc43)c(Cl)cn2)C[C@H](C)O1. The molecule has 12 nitrogen and oxygen atoms in total. The standard InChI is InChI=1S/C27H28ClN7O5/c1-14-9-34(10-15(2)40-14)22-7-20(19(28)8-30-22)32-23(37)12-35-11-18(24-26(35)31-13-33(3)27(24)39)16-4-5-21(36)17(6-16)25(29)38/h4-8,11,13-15,36H,9-10,12H2,1-3H3,(H2,29,38)(H,30,32,37)/t14-,15+. The number of pyridine rings is 1. The summed E-state index contributed by atoms with van der Waals surface area (Å²) in [6.07, 6.45) is 4.52. The minimum absolute atomic E-state index is 0.0309. The number of anilines is 2. The number of nitrogens with one attached hydrogen (secondary N) is 1. The molecule has 0 saturated carbocycles. The van der Waals surface area contributed by atoms with Gasteiger partial charge in [-0.25, -0.2) is 9.97 Å². The van der Waals surface area contributed by atoms with Crippen LogP contribution >= 0.6 is 11.6 Å². The first-order valence-electron chi connectivity index (χ1n) is 12.5. The molecule has 40 heavy (non-hydrogen) atoms. The number of rotatable bonds is 6. The minimum atomic E-state index is -0.817. The van der Waals surface area contributed by atoms with Gasteiger partial charge in [-0.05, 0) is 31.5 Å². The molecule has 13 heteroatoms. The Bertz CT molecular complexity index is 1690. The summed E-state index contributed by atoms with van der Waals surface area (Å²) in [6.45, 7) is 5.10. The van der Waals surface area contributed by atoms with Crippen molar-refractivity contribution in [1.29, 1.82) is 0 Å². The lowest BCUT2D eigenvalue weighted by atomic mass is 10.0. The van der Waals surface area contributed by atoms with E-state index in [-0.39, 0.29) is 51.7 Å². The highest BCUT2D eigenvalue weighted by Crippen LogP contribution is 2.31. The zero-order valence-corrected chi connectivity index (χ0v) is 22.8. The third-order valence-corrected chi connectivity index (χ3v) is 6.98. The molecule has 0 unspecified atom stereocenters. The number of nitrogens with zero attached hydrogens (tertiary/aromatic N) is 5. The number of aromatic hydroxyl groups is 1. The summed E-state index contributed by atoms with van der Waals surface area (Å²) >= 11 is 6.37. The number of carbonyl (C=O) groups is 2. The topological polar surface area (TPSA) is 158 Å². The van der Waals surface area contributed by atoms with Crippen LogP contribution in [0, 0.1) is 0 Å². The van der Waals surface area contributed by atoms with Crippen molar-refractivity contribution in [3.8, 4) is 16.9 Å². The number of phenols is 1. The van der Waals surface area contributed by atoms with E-state index in [4.69, 9.17) is 22.1 Å². The first kappa shape index (κ1) is 27.2. The highest BCUT2D eigenvalue weighted by Gasteiger charge is 2.24. The van der Waals surface area contributed by atoms with Crippen LogP contribution in [-0.4, -0.2) is 61.3 Å².